The van der Waals surface area contributed by atoms with Crippen molar-refractivity contribution >= 4 is 87.1 Å². The minimum absolute atomic E-state index is 0.00440. The van der Waals surface area contributed by atoms with E-state index in [1.807, 2.05) is 12.4 Å². The molecule has 704 valence electrons. The molecule has 14 N–H and O–H groups in total. The number of carbonyl (C=O) groups is 7. The van der Waals surface area contributed by atoms with E-state index in [0.717, 1.165) is 11.4 Å². The number of H-pyrrole nitrogens is 2. The third-order valence-electron chi connectivity index (χ3n) is 18.9. The van der Waals surface area contributed by atoms with Gasteiger partial charge in [0.05, 0.1) is 187 Å². The molecular weight excluding hydrogens is 1730 g/mol. The smallest absolute Gasteiger partial charge is 0.326 e. The molecule has 0 saturated carbocycles. The maximum atomic E-state index is 13.9. The summed E-state index contributed by atoms with van der Waals surface area (Å²) in [6, 6.07) is 9.88. The Labute approximate surface area is 738 Å². The Hall–Kier alpha value is -12.9. The van der Waals surface area contributed by atoms with Gasteiger partial charge in [0.1, 0.15) is 12.1 Å². The Bertz CT molecular complexity index is 4950. The molecule has 49 heteroatoms. The van der Waals surface area contributed by atoms with Crippen LogP contribution in [0.1, 0.15) is 101 Å². The molecule has 0 radical (unpaired) electrons. The Balaban J connectivity index is 0.566. The van der Waals surface area contributed by atoms with Gasteiger partial charge < -0.3 is 101 Å². The summed E-state index contributed by atoms with van der Waals surface area (Å²) < 4.78 is 127. The highest BCUT2D eigenvalue weighted by atomic mass is 19.2. The van der Waals surface area contributed by atoms with Crippen LogP contribution in [0.5, 0.6) is 5.75 Å². The molecule has 0 saturated heterocycles. The van der Waals surface area contributed by atoms with E-state index in [2.05, 4.69) is 102 Å². The van der Waals surface area contributed by atoms with Gasteiger partial charge in [-0.3, -0.25) is 48.4 Å². The van der Waals surface area contributed by atoms with E-state index in [4.69, 9.17) is 54.1 Å². The number of nitrogen functional groups attached to an aromatic ring is 2. The van der Waals surface area contributed by atoms with E-state index in [1.165, 1.54) is 36.7 Å². The fourth-order valence-corrected chi connectivity index (χ4v) is 12.0. The second-order valence-corrected chi connectivity index (χ2v) is 28.7. The molecule has 4 amide bonds. The number of anilines is 4. The first-order valence-electron chi connectivity index (χ1n) is 41.7. The molecule has 0 aliphatic carbocycles. The third kappa shape index (κ3) is 35.6. The molecule has 9 rings (SSSR count). The van der Waals surface area contributed by atoms with Crippen molar-refractivity contribution in [1.82, 2.24) is 96.0 Å². The monoisotopic (exact) mass is 1830 g/mol. The highest BCUT2D eigenvalue weighted by Gasteiger charge is 2.30. The predicted molar refractivity (Wildman–Crippen MR) is 451 cm³/mol. The summed E-state index contributed by atoms with van der Waals surface area (Å²) in [4.78, 5) is 143. The normalized spacial score (nSPS) is 11.9. The van der Waals surface area contributed by atoms with Gasteiger partial charge in [-0.2, -0.15) is 18.7 Å². The zero-order chi connectivity index (χ0) is 92.8. The lowest BCUT2D eigenvalue weighted by Gasteiger charge is -2.22. The highest BCUT2D eigenvalue weighted by Crippen LogP contribution is 2.30. The van der Waals surface area contributed by atoms with Crippen molar-refractivity contribution in [3.05, 3.63) is 157 Å². The lowest BCUT2D eigenvalue weighted by atomic mass is 10.1. The molecule has 6 heterocycles. The number of nitrogens with one attached hydrogen (secondary N) is 8. The topological polar surface area (TPSA) is 584 Å². The van der Waals surface area contributed by atoms with Crippen LogP contribution in [0.4, 0.5) is 45.2 Å². The number of halogens is 5. The fraction of sp³-hybridized carbons (Fsp3) is 0.494. The average molecular weight is 1830 g/mol. The van der Waals surface area contributed by atoms with E-state index >= 15 is 0 Å². The predicted octanol–water partition coefficient (Wildman–Crippen LogP) is 2.36. The minimum Gasteiger partial charge on any atom is -0.480 e. The van der Waals surface area contributed by atoms with Crippen LogP contribution in [0.2, 0.25) is 0 Å². The number of carboxylic acid groups (broad SMARTS) is 2. The second kappa shape index (κ2) is 55.1. The SMILES string of the molecule is Nc1nc2ncc(CNc3ccc(C(=O)N[C@@H](CCC(=O)NCCCCc4cn(CCOCCOCCOCCN(CCOCCOCCOCCC(=O)Oc5c(F)c(F)c(F)c(F)c5F)CCOCCOCCOCCn5cc(CCCCNC(=O)CC[C@H](NC(=O)c6ccc(NCc7cnc8nc(N)[nH]c(=O)c8n7)cc6)C(=O)O)nn5)nn4)C(=O)O)cc3)nc2c(=O)[nH]1. The van der Waals surface area contributed by atoms with Crippen molar-refractivity contribution in [2.24, 2.45) is 0 Å². The van der Waals surface area contributed by atoms with E-state index in [9.17, 15) is 75.3 Å². The fourth-order valence-electron chi connectivity index (χ4n) is 12.0. The number of aryl methyl sites for hydroxylation is 2. The van der Waals surface area contributed by atoms with Crippen LogP contribution >= 0.6 is 0 Å². The number of nitrogens with zero attached hydrogens (tertiary/aromatic N) is 13. The van der Waals surface area contributed by atoms with E-state index in [-0.39, 0.29) is 129 Å². The number of unbranched alkanes of at least 4 members (excludes halogenated alkanes) is 2. The molecule has 0 aliphatic heterocycles. The van der Waals surface area contributed by atoms with Crippen LogP contribution in [0.15, 0.2) is 82.9 Å². The van der Waals surface area contributed by atoms with Crippen LogP contribution in [0.25, 0.3) is 22.3 Å². The summed E-state index contributed by atoms with van der Waals surface area (Å²) in [5, 5.41) is 53.2. The Morgan fingerprint density at radius 3 is 1.19 bits per heavy atom. The first-order valence-corrected chi connectivity index (χ1v) is 41.7. The molecule has 9 aromatic rings. The first-order chi connectivity index (χ1) is 62.9. The van der Waals surface area contributed by atoms with E-state index in [1.54, 1.807) is 33.6 Å². The number of carboxylic acids is 2. The summed E-state index contributed by atoms with van der Waals surface area (Å²) in [6.07, 6.45) is 9.30. The summed E-state index contributed by atoms with van der Waals surface area (Å²) in [7, 11) is 0. The molecule has 0 spiro atoms. The van der Waals surface area contributed by atoms with Gasteiger partial charge in [0, 0.05) is 80.5 Å². The lowest BCUT2D eigenvalue weighted by Crippen LogP contribution is -2.41. The number of rotatable bonds is 65. The van der Waals surface area contributed by atoms with Crippen molar-refractivity contribution in [2.75, 3.05) is 174 Å². The number of carbonyl (C=O) groups excluding carboxylic acids is 5. The Kier molecular flexibility index (Phi) is 42.8. The van der Waals surface area contributed by atoms with Gasteiger partial charge in [0.2, 0.25) is 58.5 Å². The zero-order valence-electron chi connectivity index (χ0n) is 71.0. The summed E-state index contributed by atoms with van der Waals surface area (Å²) >= 11 is 0. The van der Waals surface area contributed by atoms with Crippen LogP contribution in [-0.4, -0.2) is 290 Å². The summed E-state index contributed by atoms with van der Waals surface area (Å²) in [5.41, 5.74) is 14.4. The van der Waals surface area contributed by atoms with Crippen molar-refractivity contribution in [3.63, 3.8) is 0 Å². The maximum Gasteiger partial charge on any atom is 0.326 e. The number of ether oxygens (including phenoxy) is 10. The number of hydrogen-bond acceptors (Lipinski definition) is 34. The van der Waals surface area contributed by atoms with Crippen molar-refractivity contribution in [3.8, 4) is 5.75 Å². The van der Waals surface area contributed by atoms with E-state index in [0.29, 0.717) is 193 Å². The van der Waals surface area contributed by atoms with Crippen LogP contribution in [-0.2, 0) is 106 Å². The molecule has 6 aromatic heterocycles. The van der Waals surface area contributed by atoms with Crippen LogP contribution < -0.4 is 59.2 Å². The molecule has 130 heavy (non-hydrogen) atoms. The zero-order valence-corrected chi connectivity index (χ0v) is 71.0. The number of aliphatic carboxylic acids is 2. The van der Waals surface area contributed by atoms with Gasteiger partial charge in [0.25, 0.3) is 22.9 Å². The number of esters is 1. The molecule has 2 atom stereocenters. The van der Waals surface area contributed by atoms with Crippen LogP contribution in [0, 0.1) is 29.1 Å². The standard InChI is InChI=1S/C81H104F5N23O21/c82-64-65(83)67(85)71(68(86)66(64)84)130-63(112)19-27-121-33-39-127-40-34-122-28-22-107(23-29-123-35-41-128-43-37-125-31-25-108-49-55(103-105-108)5-1-3-20-89-61(110)17-15-59(78(117)118)97-74(113)51-7-11-53(12-8-51)91-45-57-47-93-72-69(95-57)76(115)101-80(87)99-72)24-30-124-36-42-129-44-38-126-32-26-109-50-56(104-106-109)6-2-4-21-90-62(111)18-16-60(79(119)120)98-75(114)52-9-13-54(14-10-52)92-46-58-48-94-73-70(96-58)77(116)102-81(88)100-73/h7-14,47-50,59-60,91-92H,1-6,15-46H2,(H,89,110)(H,90,111)(H,97,113)(H,98,114)(H,117,118)(H,119,120)(H3,87,93,99,101,115)(H3,88,94,100,102,116)/t59-,60-/m0/s1. The van der Waals surface area contributed by atoms with Crippen LogP contribution in [0.3, 0.4) is 0 Å². The lowest BCUT2D eigenvalue weighted by molar-refractivity contribution is -0.140. The van der Waals surface area contributed by atoms with Crippen molar-refractivity contribution in [2.45, 2.75) is 109 Å². The minimum atomic E-state index is -2.39. The van der Waals surface area contributed by atoms with Crippen molar-refractivity contribution < 1.29 is 113 Å². The Morgan fingerprint density at radius 2 is 0.808 bits per heavy atom. The molecule has 0 aliphatic rings. The molecule has 44 nitrogen and oxygen atoms in total. The number of amides is 4. The molecule has 0 bridgehead atoms. The Morgan fingerprint density at radius 1 is 0.446 bits per heavy atom. The summed E-state index contributed by atoms with van der Waals surface area (Å²) in [6.45, 7) is 8.20. The third-order valence-corrected chi connectivity index (χ3v) is 18.9. The number of aromatic amines is 2. The summed E-state index contributed by atoms with van der Waals surface area (Å²) in [5.74, 6) is -19.1. The molecule has 3 aromatic carbocycles. The first kappa shape index (κ1) is 101. The molecule has 0 fully saturated rings. The number of fused-ring (bicyclic) bond motifs is 2. The molecule has 0 unspecified atom stereocenters. The largest absolute Gasteiger partial charge is 0.480 e. The van der Waals surface area contributed by atoms with Gasteiger partial charge in [-0.15, -0.1) is 10.2 Å². The van der Waals surface area contributed by atoms with Gasteiger partial charge in [-0.25, -0.2) is 52.1 Å². The average Bonchev–Trinajstić information content (AvgIpc) is 0.861. The number of hydrogen-bond donors (Lipinski definition) is 12. The van der Waals surface area contributed by atoms with Gasteiger partial charge in [-0.05, 0) is 99.9 Å². The number of aromatic nitrogens is 14. The highest BCUT2D eigenvalue weighted by molar-refractivity contribution is 5.98. The quantitative estimate of drug-likeness (QED) is 0.00650. The van der Waals surface area contributed by atoms with Gasteiger partial charge >= 0.3 is 17.9 Å². The molecular formula is C81H104F5N23O21. The van der Waals surface area contributed by atoms with Gasteiger partial charge in [-0.1, -0.05) is 10.4 Å². The van der Waals surface area contributed by atoms with E-state index < -0.39 is 94.2 Å². The number of nitrogens with two attached hydrogens (primary N) is 2. The number of benzene rings is 3. The maximum absolute atomic E-state index is 13.9. The second-order valence-electron chi connectivity index (χ2n) is 28.7. The van der Waals surface area contributed by atoms with Crippen molar-refractivity contribution in [1.29, 1.82) is 0 Å². The van der Waals surface area contributed by atoms with Gasteiger partial charge in [0.15, 0.2) is 22.3 Å².